The molecule has 0 bridgehead atoms. The molecule has 19 heavy (non-hydrogen) atoms. The van der Waals surface area contributed by atoms with Crippen LogP contribution < -0.4 is 4.74 Å². The molecule has 1 unspecified atom stereocenters. The Balaban J connectivity index is 3.18. The quantitative estimate of drug-likeness (QED) is 0.436. The molecule has 0 amide bonds. The van der Waals surface area contributed by atoms with Crippen molar-refractivity contribution in [1.29, 1.82) is 0 Å². The van der Waals surface area contributed by atoms with Crippen molar-refractivity contribution < 1.29 is 22.7 Å². The van der Waals surface area contributed by atoms with Crippen LogP contribution in [0.15, 0.2) is 23.1 Å². The topological polar surface area (TPSA) is 26.3 Å². The number of benzene rings is 1. The Morgan fingerprint density at radius 1 is 1.47 bits per heavy atom. The van der Waals surface area contributed by atoms with Crippen LogP contribution in [0.3, 0.4) is 0 Å². The molecular formula is C12H12BrF3O2S. The molecule has 0 radical (unpaired) electrons. The van der Waals surface area contributed by atoms with Gasteiger partial charge in [-0.05, 0) is 43.8 Å². The number of hydrogen-bond acceptors (Lipinski definition) is 3. The van der Waals surface area contributed by atoms with Gasteiger partial charge in [-0.25, -0.2) is 0 Å². The Hall–Kier alpha value is -0.690. The number of rotatable bonds is 5. The van der Waals surface area contributed by atoms with E-state index in [0.29, 0.717) is 12.4 Å². The van der Waals surface area contributed by atoms with Gasteiger partial charge in [0, 0.05) is 10.5 Å². The van der Waals surface area contributed by atoms with Crippen molar-refractivity contribution in [2.75, 3.05) is 6.61 Å². The molecule has 0 aromatic heterocycles. The predicted molar refractivity (Wildman–Crippen MR) is 72.2 cm³/mol. The summed E-state index contributed by atoms with van der Waals surface area (Å²) in [5, 5.41) is 0. The van der Waals surface area contributed by atoms with Crippen molar-refractivity contribution in [1.82, 2.24) is 0 Å². The van der Waals surface area contributed by atoms with Gasteiger partial charge < -0.3 is 4.74 Å². The van der Waals surface area contributed by atoms with E-state index in [9.17, 15) is 18.0 Å². The largest absolute Gasteiger partial charge is 0.494 e. The van der Waals surface area contributed by atoms with E-state index in [2.05, 4.69) is 15.9 Å². The van der Waals surface area contributed by atoms with E-state index in [1.807, 2.05) is 0 Å². The van der Waals surface area contributed by atoms with Crippen LogP contribution in [0.25, 0.3) is 0 Å². The first-order valence-corrected chi connectivity index (χ1v) is 7.18. The lowest BCUT2D eigenvalue weighted by Gasteiger charge is -2.13. The van der Waals surface area contributed by atoms with E-state index in [4.69, 9.17) is 4.74 Å². The minimum absolute atomic E-state index is 0.0117. The summed E-state index contributed by atoms with van der Waals surface area (Å²) in [6, 6.07) is 4.02. The second kappa shape index (κ2) is 6.65. The third-order valence-corrected chi connectivity index (χ3v) is 3.34. The molecule has 1 aromatic carbocycles. The van der Waals surface area contributed by atoms with Gasteiger partial charge in [0.2, 0.25) is 0 Å². The standard InChI is InChI=1S/C12H12BrF3O2S/c1-3-18-8-4-5-10(19-12(14,15)16)9(6-8)11(17)7(2)13/h4-7H,3H2,1-2H3. The number of hydrogen-bond donors (Lipinski definition) is 0. The molecule has 2 nitrogen and oxygen atoms in total. The SMILES string of the molecule is CCOc1ccc(SC(F)(F)F)c(C(=O)C(C)Br)c1. The van der Waals surface area contributed by atoms with Crippen LogP contribution in [-0.4, -0.2) is 22.7 Å². The van der Waals surface area contributed by atoms with Crippen LogP contribution in [0, 0.1) is 0 Å². The van der Waals surface area contributed by atoms with Crippen LogP contribution in [-0.2, 0) is 0 Å². The molecule has 0 saturated carbocycles. The van der Waals surface area contributed by atoms with Crippen molar-refractivity contribution in [3.63, 3.8) is 0 Å². The molecule has 1 rings (SSSR count). The maximum atomic E-state index is 12.4. The summed E-state index contributed by atoms with van der Waals surface area (Å²) in [5.74, 6) is -0.0289. The van der Waals surface area contributed by atoms with Crippen LogP contribution in [0.1, 0.15) is 24.2 Å². The number of Topliss-reactive ketones (excluding diaryl/α,β-unsaturated/α-hetero) is 1. The Kier molecular flexibility index (Phi) is 5.73. The van der Waals surface area contributed by atoms with Crippen LogP contribution >= 0.6 is 27.7 Å². The lowest BCUT2D eigenvalue weighted by molar-refractivity contribution is -0.0328. The first kappa shape index (κ1) is 16.4. The molecule has 0 aliphatic heterocycles. The fourth-order valence-corrected chi connectivity index (χ4v) is 2.29. The molecule has 0 heterocycles. The zero-order valence-electron chi connectivity index (χ0n) is 10.3. The molecule has 0 spiro atoms. The van der Waals surface area contributed by atoms with Gasteiger partial charge in [0.15, 0.2) is 5.78 Å². The van der Waals surface area contributed by atoms with Crippen LogP contribution in [0.5, 0.6) is 5.75 Å². The average molecular weight is 357 g/mol. The van der Waals surface area contributed by atoms with E-state index < -0.39 is 16.1 Å². The summed E-state index contributed by atoms with van der Waals surface area (Å²) in [4.78, 5) is 11.2. The Morgan fingerprint density at radius 3 is 2.58 bits per heavy atom. The monoisotopic (exact) mass is 356 g/mol. The molecule has 0 fully saturated rings. The number of halogens is 4. The molecule has 0 N–H and O–H groups in total. The van der Waals surface area contributed by atoms with Gasteiger partial charge in [0.05, 0.1) is 11.4 Å². The van der Waals surface area contributed by atoms with Gasteiger partial charge in [-0.3, -0.25) is 4.79 Å². The maximum Gasteiger partial charge on any atom is 0.446 e. The fraction of sp³-hybridized carbons (Fsp3) is 0.417. The minimum atomic E-state index is -4.43. The average Bonchev–Trinajstić information content (AvgIpc) is 2.28. The molecule has 0 aliphatic rings. The highest BCUT2D eigenvalue weighted by Gasteiger charge is 2.32. The fourth-order valence-electron chi connectivity index (χ4n) is 1.39. The van der Waals surface area contributed by atoms with E-state index >= 15 is 0 Å². The number of thioether (sulfide) groups is 1. The number of carbonyl (C=O) groups is 1. The van der Waals surface area contributed by atoms with Gasteiger partial charge in [0.25, 0.3) is 0 Å². The van der Waals surface area contributed by atoms with E-state index in [0.717, 1.165) is 0 Å². The van der Waals surface area contributed by atoms with Crippen molar-refractivity contribution in [2.24, 2.45) is 0 Å². The molecule has 0 saturated heterocycles. The number of ether oxygens (including phenoxy) is 1. The van der Waals surface area contributed by atoms with Crippen molar-refractivity contribution in [3.8, 4) is 5.75 Å². The zero-order valence-corrected chi connectivity index (χ0v) is 12.7. The number of ketones is 1. The molecule has 0 aliphatic carbocycles. The Morgan fingerprint density at radius 2 is 2.11 bits per heavy atom. The lowest BCUT2D eigenvalue weighted by atomic mass is 10.1. The summed E-state index contributed by atoms with van der Waals surface area (Å²) in [6.07, 6.45) is 0. The highest BCUT2D eigenvalue weighted by Crippen LogP contribution is 2.40. The van der Waals surface area contributed by atoms with Crippen LogP contribution in [0.2, 0.25) is 0 Å². The summed E-state index contributed by atoms with van der Waals surface area (Å²) in [7, 11) is 0. The summed E-state index contributed by atoms with van der Waals surface area (Å²) in [5.41, 5.74) is -4.42. The van der Waals surface area contributed by atoms with E-state index in [1.54, 1.807) is 13.8 Å². The second-order valence-corrected chi connectivity index (χ2v) is 6.10. The normalized spacial score (nSPS) is 13.2. The summed E-state index contributed by atoms with van der Waals surface area (Å²) in [6.45, 7) is 3.70. The number of carbonyl (C=O) groups excluding carboxylic acids is 1. The van der Waals surface area contributed by atoms with Gasteiger partial charge in [-0.1, -0.05) is 15.9 Å². The van der Waals surface area contributed by atoms with Gasteiger partial charge >= 0.3 is 5.51 Å². The Labute approximate surface area is 121 Å². The minimum Gasteiger partial charge on any atom is -0.494 e. The van der Waals surface area contributed by atoms with Crippen molar-refractivity contribution in [2.45, 2.75) is 29.1 Å². The van der Waals surface area contributed by atoms with E-state index in [1.165, 1.54) is 18.2 Å². The van der Waals surface area contributed by atoms with E-state index in [-0.39, 0.29) is 22.2 Å². The lowest BCUT2D eigenvalue weighted by Crippen LogP contribution is -2.13. The summed E-state index contributed by atoms with van der Waals surface area (Å²) >= 11 is 2.78. The van der Waals surface area contributed by atoms with Gasteiger partial charge in [0.1, 0.15) is 5.75 Å². The predicted octanol–water partition coefficient (Wildman–Crippen LogP) is 4.66. The van der Waals surface area contributed by atoms with Crippen molar-refractivity contribution in [3.05, 3.63) is 23.8 Å². The first-order valence-electron chi connectivity index (χ1n) is 5.45. The third-order valence-electron chi connectivity index (χ3n) is 2.11. The molecule has 1 atom stereocenters. The summed E-state index contributed by atoms with van der Waals surface area (Å²) < 4.78 is 42.5. The van der Waals surface area contributed by atoms with Gasteiger partial charge in [-0.15, -0.1) is 0 Å². The zero-order chi connectivity index (χ0) is 14.6. The van der Waals surface area contributed by atoms with Crippen molar-refractivity contribution >= 4 is 33.5 Å². The second-order valence-electron chi connectivity index (χ2n) is 3.62. The maximum absolute atomic E-state index is 12.4. The number of alkyl halides is 4. The molecule has 106 valence electrons. The highest BCUT2D eigenvalue weighted by molar-refractivity contribution is 9.10. The Bertz CT molecular complexity index is 461. The third kappa shape index (κ3) is 5.06. The van der Waals surface area contributed by atoms with Gasteiger partial charge in [-0.2, -0.15) is 13.2 Å². The highest BCUT2D eigenvalue weighted by atomic mass is 79.9. The van der Waals surface area contributed by atoms with Crippen LogP contribution in [0.4, 0.5) is 13.2 Å². The smallest absolute Gasteiger partial charge is 0.446 e. The molecular weight excluding hydrogens is 345 g/mol. The molecule has 1 aromatic rings. The molecule has 7 heteroatoms. The first-order chi connectivity index (χ1) is 8.74.